The molecule has 0 radical (unpaired) electrons. The molecule has 0 saturated heterocycles. The van der Waals surface area contributed by atoms with E-state index in [9.17, 15) is 4.79 Å². The van der Waals surface area contributed by atoms with Crippen molar-refractivity contribution in [3.8, 4) is 5.75 Å². The summed E-state index contributed by atoms with van der Waals surface area (Å²) in [6.07, 6.45) is 0. The van der Waals surface area contributed by atoms with E-state index >= 15 is 0 Å². The quantitative estimate of drug-likeness (QED) is 0.858. The monoisotopic (exact) mass is 250 g/mol. The molecule has 88 valence electrons. The van der Waals surface area contributed by atoms with Crippen molar-refractivity contribution in [1.29, 1.82) is 0 Å². The highest BCUT2D eigenvalue weighted by Gasteiger charge is 2.09. The third-order valence-corrected chi connectivity index (χ3v) is 2.66. The first kappa shape index (κ1) is 11.3. The summed E-state index contributed by atoms with van der Waals surface area (Å²) in [7, 11) is 1.54. The summed E-state index contributed by atoms with van der Waals surface area (Å²) in [5, 5.41) is 10.6. The number of carbonyl (C=O) groups is 1. The van der Waals surface area contributed by atoms with Gasteiger partial charge in [-0.25, -0.2) is 0 Å². The van der Waals surface area contributed by atoms with Gasteiger partial charge in [0.1, 0.15) is 5.75 Å². The Hall–Kier alpha value is -2.15. The van der Waals surface area contributed by atoms with Gasteiger partial charge in [0.05, 0.1) is 7.11 Å². The Morgan fingerprint density at radius 1 is 1.47 bits per heavy atom. The second-order valence-corrected chi connectivity index (χ2v) is 4.14. The summed E-state index contributed by atoms with van der Waals surface area (Å²) < 4.78 is 5.03. The van der Waals surface area contributed by atoms with Gasteiger partial charge in [0.15, 0.2) is 0 Å². The molecule has 1 aromatic heterocycles. The van der Waals surface area contributed by atoms with Crippen molar-refractivity contribution in [2.45, 2.75) is 0 Å². The molecule has 0 atom stereocenters. The van der Waals surface area contributed by atoms with Crippen LogP contribution in [0.3, 0.4) is 0 Å². The number of methoxy groups -OCH3 is 1. The SMILES string of the molecule is COc1cccc(C(=O)Nc2nnc(N)s2)c1. The van der Waals surface area contributed by atoms with Crippen LogP contribution in [0.25, 0.3) is 0 Å². The molecule has 1 heterocycles. The van der Waals surface area contributed by atoms with E-state index in [2.05, 4.69) is 15.5 Å². The Balaban J connectivity index is 2.14. The first-order chi connectivity index (χ1) is 8.19. The van der Waals surface area contributed by atoms with Gasteiger partial charge in [0.25, 0.3) is 5.91 Å². The zero-order valence-electron chi connectivity index (χ0n) is 9.01. The second-order valence-electron chi connectivity index (χ2n) is 3.13. The Bertz CT molecular complexity index is 541. The Kier molecular flexibility index (Phi) is 3.20. The van der Waals surface area contributed by atoms with Crippen LogP contribution in [-0.2, 0) is 0 Å². The molecule has 3 N–H and O–H groups in total. The van der Waals surface area contributed by atoms with Gasteiger partial charge in [-0.05, 0) is 18.2 Å². The van der Waals surface area contributed by atoms with E-state index in [0.717, 1.165) is 11.3 Å². The topological polar surface area (TPSA) is 90.1 Å². The van der Waals surface area contributed by atoms with Gasteiger partial charge in [0.2, 0.25) is 10.3 Å². The first-order valence-electron chi connectivity index (χ1n) is 4.73. The summed E-state index contributed by atoms with van der Waals surface area (Å²) in [6.45, 7) is 0. The molecular formula is C10H10N4O2S. The lowest BCUT2D eigenvalue weighted by molar-refractivity contribution is 0.102. The van der Waals surface area contributed by atoms with Crippen LogP contribution in [0, 0.1) is 0 Å². The predicted molar refractivity (Wildman–Crippen MR) is 65.3 cm³/mol. The number of benzene rings is 1. The first-order valence-corrected chi connectivity index (χ1v) is 5.55. The van der Waals surface area contributed by atoms with Gasteiger partial charge in [-0.1, -0.05) is 17.4 Å². The van der Waals surface area contributed by atoms with Gasteiger partial charge in [-0.15, -0.1) is 10.2 Å². The van der Waals surface area contributed by atoms with E-state index in [1.165, 1.54) is 0 Å². The highest BCUT2D eigenvalue weighted by atomic mass is 32.1. The summed E-state index contributed by atoms with van der Waals surface area (Å²) in [6, 6.07) is 6.82. The fourth-order valence-corrected chi connectivity index (χ4v) is 1.72. The smallest absolute Gasteiger partial charge is 0.257 e. The molecule has 0 spiro atoms. The van der Waals surface area contributed by atoms with Crippen molar-refractivity contribution in [2.24, 2.45) is 0 Å². The van der Waals surface area contributed by atoms with E-state index in [-0.39, 0.29) is 5.91 Å². The van der Waals surface area contributed by atoms with E-state index in [1.807, 2.05) is 0 Å². The molecule has 7 heteroatoms. The minimum atomic E-state index is -0.278. The van der Waals surface area contributed by atoms with Gasteiger partial charge in [0, 0.05) is 5.56 Å². The molecule has 0 aliphatic rings. The molecule has 0 aliphatic heterocycles. The number of carbonyl (C=O) groups excluding carboxylic acids is 1. The second kappa shape index (κ2) is 4.79. The van der Waals surface area contributed by atoms with Crippen molar-refractivity contribution < 1.29 is 9.53 Å². The number of rotatable bonds is 3. The van der Waals surface area contributed by atoms with Crippen molar-refractivity contribution >= 4 is 27.5 Å². The molecule has 17 heavy (non-hydrogen) atoms. The average molecular weight is 250 g/mol. The molecule has 0 fully saturated rings. The molecule has 0 bridgehead atoms. The fraction of sp³-hybridized carbons (Fsp3) is 0.100. The van der Waals surface area contributed by atoms with Gasteiger partial charge in [-0.2, -0.15) is 0 Å². The van der Waals surface area contributed by atoms with Crippen LogP contribution in [0.1, 0.15) is 10.4 Å². The number of nitrogens with one attached hydrogen (secondary N) is 1. The Morgan fingerprint density at radius 3 is 2.94 bits per heavy atom. The third kappa shape index (κ3) is 2.70. The number of hydrogen-bond donors (Lipinski definition) is 2. The number of amides is 1. The van der Waals surface area contributed by atoms with Gasteiger partial charge in [-0.3, -0.25) is 10.1 Å². The number of nitrogens with two attached hydrogens (primary N) is 1. The van der Waals surface area contributed by atoms with Gasteiger partial charge < -0.3 is 10.5 Å². The minimum Gasteiger partial charge on any atom is -0.497 e. The number of anilines is 2. The van der Waals surface area contributed by atoms with Crippen LogP contribution in [0.15, 0.2) is 24.3 Å². The molecular weight excluding hydrogens is 240 g/mol. The maximum absolute atomic E-state index is 11.8. The Labute approximate surface area is 101 Å². The molecule has 0 aliphatic carbocycles. The summed E-state index contributed by atoms with van der Waals surface area (Å²) in [5.74, 6) is 0.342. The largest absolute Gasteiger partial charge is 0.497 e. The van der Waals surface area contributed by atoms with Crippen LogP contribution in [0.2, 0.25) is 0 Å². The van der Waals surface area contributed by atoms with E-state index in [4.69, 9.17) is 10.5 Å². The molecule has 2 rings (SSSR count). The molecule has 6 nitrogen and oxygen atoms in total. The number of nitrogens with zero attached hydrogens (tertiary/aromatic N) is 2. The molecule has 1 aromatic carbocycles. The van der Waals surface area contributed by atoms with E-state index in [0.29, 0.717) is 21.6 Å². The van der Waals surface area contributed by atoms with Crippen molar-refractivity contribution in [2.75, 3.05) is 18.2 Å². The van der Waals surface area contributed by atoms with Crippen LogP contribution < -0.4 is 15.8 Å². The average Bonchev–Trinajstić information content (AvgIpc) is 2.75. The van der Waals surface area contributed by atoms with Crippen LogP contribution >= 0.6 is 11.3 Å². The Morgan fingerprint density at radius 2 is 2.29 bits per heavy atom. The number of ether oxygens (including phenoxy) is 1. The molecule has 2 aromatic rings. The molecule has 0 saturated carbocycles. The zero-order chi connectivity index (χ0) is 12.3. The summed E-state index contributed by atoms with van der Waals surface area (Å²) >= 11 is 1.11. The zero-order valence-corrected chi connectivity index (χ0v) is 9.82. The van der Waals surface area contributed by atoms with E-state index in [1.54, 1.807) is 31.4 Å². The standard InChI is InChI=1S/C10H10N4O2S/c1-16-7-4-2-3-6(5-7)8(15)12-10-14-13-9(11)17-10/h2-5H,1H3,(H2,11,13)(H,12,14,15). The van der Waals surface area contributed by atoms with Crippen LogP contribution in [-0.4, -0.2) is 23.2 Å². The third-order valence-electron chi connectivity index (χ3n) is 1.99. The van der Waals surface area contributed by atoms with Crippen molar-refractivity contribution in [1.82, 2.24) is 10.2 Å². The van der Waals surface area contributed by atoms with E-state index < -0.39 is 0 Å². The highest BCUT2D eigenvalue weighted by molar-refractivity contribution is 7.19. The number of nitrogen functional groups attached to an aromatic ring is 1. The maximum atomic E-state index is 11.8. The summed E-state index contributed by atoms with van der Waals surface area (Å²) in [5.41, 5.74) is 5.90. The number of hydrogen-bond acceptors (Lipinski definition) is 6. The normalized spacial score (nSPS) is 9.94. The maximum Gasteiger partial charge on any atom is 0.257 e. The lowest BCUT2D eigenvalue weighted by Gasteiger charge is -2.03. The summed E-state index contributed by atoms with van der Waals surface area (Å²) in [4.78, 5) is 11.8. The van der Waals surface area contributed by atoms with Crippen LogP contribution in [0.4, 0.5) is 10.3 Å². The number of aromatic nitrogens is 2. The highest BCUT2D eigenvalue weighted by Crippen LogP contribution is 2.18. The molecule has 0 unspecified atom stereocenters. The molecule has 1 amide bonds. The minimum absolute atomic E-state index is 0.278. The lowest BCUT2D eigenvalue weighted by atomic mass is 10.2. The fourth-order valence-electron chi connectivity index (χ4n) is 1.22. The van der Waals surface area contributed by atoms with Crippen molar-refractivity contribution in [3.05, 3.63) is 29.8 Å². The van der Waals surface area contributed by atoms with Crippen LogP contribution in [0.5, 0.6) is 5.75 Å². The van der Waals surface area contributed by atoms with Gasteiger partial charge >= 0.3 is 0 Å². The lowest BCUT2D eigenvalue weighted by Crippen LogP contribution is -2.11. The predicted octanol–water partition coefficient (Wildman–Crippen LogP) is 1.38. The van der Waals surface area contributed by atoms with Crippen molar-refractivity contribution in [3.63, 3.8) is 0 Å².